The van der Waals surface area contributed by atoms with Crippen molar-refractivity contribution in [3.8, 4) is 11.8 Å². The van der Waals surface area contributed by atoms with Crippen LogP contribution in [-0.4, -0.2) is 18.4 Å². The maximum absolute atomic E-state index is 12.1. The lowest BCUT2D eigenvalue weighted by Crippen LogP contribution is -2.24. The molecule has 0 saturated heterocycles. The van der Waals surface area contributed by atoms with Crippen LogP contribution in [0.15, 0.2) is 48.6 Å². The number of benzene rings is 1. The van der Waals surface area contributed by atoms with Crippen molar-refractivity contribution in [2.45, 2.75) is 38.1 Å². The van der Waals surface area contributed by atoms with Gasteiger partial charge in [-0.2, -0.15) is 5.26 Å². The van der Waals surface area contributed by atoms with Crippen LogP contribution in [0.1, 0.15) is 36.0 Å². The Bertz CT molecular complexity index is 694. The molecule has 0 heterocycles. The standard InChI is InChI=1S/C19H18F3NO3/c20-19(21,22)26-17-11-7-15(8-12-17)18(24)25-16-9-5-14(6-10-16)4-2-1-3-13-23/h1-4,7-8,11-12,14,16H,5-6,9-10H2/b3-1?,4-2+. The average molecular weight is 365 g/mol. The zero-order chi connectivity index (χ0) is 19.0. The van der Waals surface area contributed by atoms with E-state index in [1.54, 1.807) is 6.08 Å². The van der Waals surface area contributed by atoms with Crippen molar-refractivity contribution in [3.05, 3.63) is 54.1 Å². The van der Waals surface area contributed by atoms with Crippen LogP contribution in [0.25, 0.3) is 0 Å². The summed E-state index contributed by atoms with van der Waals surface area (Å²) in [5.41, 5.74) is 0.184. The van der Waals surface area contributed by atoms with Gasteiger partial charge in [0.15, 0.2) is 0 Å². The van der Waals surface area contributed by atoms with E-state index in [0.29, 0.717) is 5.92 Å². The van der Waals surface area contributed by atoms with E-state index in [9.17, 15) is 18.0 Å². The van der Waals surface area contributed by atoms with Gasteiger partial charge in [-0.25, -0.2) is 4.79 Å². The molecule has 1 aromatic rings. The van der Waals surface area contributed by atoms with Crippen LogP contribution in [-0.2, 0) is 4.74 Å². The predicted octanol–water partition coefficient (Wildman–Crippen LogP) is 4.94. The van der Waals surface area contributed by atoms with E-state index in [0.717, 1.165) is 37.8 Å². The summed E-state index contributed by atoms with van der Waals surface area (Å²) in [6.07, 6.45) is 5.16. The summed E-state index contributed by atoms with van der Waals surface area (Å²) >= 11 is 0. The van der Waals surface area contributed by atoms with Crippen LogP contribution in [0, 0.1) is 17.2 Å². The maximum atomic E-state index is 12.1. The number of nitrogens with zero attached hydrogens (tertiary/aromatic N) is 1. The van der Waals surface area contributed by atoms with Gasteiger partial charge in [-0.05, 0) is 55.9 Å². The Hall–Kier alpha value is -2.75. The number of hydrogen-bond acceptors (Lipinski definition) is 4. The lowest BCUT2D eigenvalue weighted by Gasteiger charge is -2.26. The molecule has 0 spiro atoms. The number of carbonyl (C=O) groups is 1. The maximum Gasteiger partial charge on any atom is 0.573 e. The van der Waals surface area contributed by atoms with Crippen molar-refractivity contribution in [2.75, 3.05) is 0 Å². The Kier molecular flexibility index (Phi) is 6.84. The van der Waals surface area contributed by atoms with Crippen LogP contribution in [0.2, 0.25) is 0 Å². The predicted molar refractivity (Wildman–Crippen MR) is 88.2 cm³/mol. The Morgan fingerprint density at radius 1 is 1.12 bits per heavy atom. The second kappa shape index (κ2) is 9.09. The first kappa shape index (κ1) is 19.6. The molecule has 4 nitrogen and oxygen atoms in total. The number of esters is 1. The van der Waals surface area contributed by atoms with Gasteiger partial charge in [-0.3, -0.25) is 0 Å². The fraction of sp³-hybridized carbons (Fsp3) is 0.368. The van der Waals surface area contributed by atoms with Gasteiger partial charge < -0.3 is 9.47 Å². The summed E-state index contributed by atoms with van der Waals surface area (Å²) in [5.74, 6) is -0.557. The molecule has 7 heteroatoms. The van der Waals surface area contributed by atoms with Gasteiger partial charge in [0.2, 0.25) is 0 Å². The molecule has 0 aromatic heterocycles. The number of halogens is 3. The fourth-order valence-electron chi connectivity index (χ4n) is 2.73. The molecule has 1 aliphatic rings. The van der Waals surface area contributed by atoms with Crippen molar-refractivity contribution >= 4 is 5.97 Å². The van der Waals surface area contributed by atoms with Gasteiger partial charge >= 0.3 is 12.3 Å². The summed E-state index contributed by atoms with van der Waals surface area (Å²) in [4.78, 5) is 12.1. The summed E-state index contributed by atoms with van der Waals surface area (Å²) in [6.45, 7) is 0. The highest BCUT2D eigenvalue weighted by Crippen LogP contribution is 2.28. The molecular weight excluding hydrogens is 347 g/mol. The average Bonchev–Trinajstić information content (AvgIpc) is 2.59. The van der Waals surface area contributed by atoms with E-state index in [2.05, 4.69) is 4.74 Å². The molecule has 0 aliphatic heterocycles. The molecule has 1 aromatic carbocycles. The summed E-state index contributed by atoms with van der Waals surface area (Å²) < 4.78 is 45.6. The van der Waals surface area contributed by atoms with Crippen LogP contribution >= 0.6 is 0 Å². The van der Waals surface area contributed by atoms with Gasteiger partial charge in [-0.1, -0.05) is 18.2 Å². The second-order valence-electron chi connectivity index (χ2n) is 5.89. The van der Waals surface area contributed by atoms with Crippen LogP contribution < -0.4 is 4.74 Å². The van der Waals surface area contributed by atoms with Crippen LogP contribution in [0.3, 0.4) is 0 Å². The van der Waals surface area contributed by atoms with Crippen molar-refractivity contribution in [1.29, 1.82) is 5.26 Å². The van der Waals surface area contributed by atoms with E-state index >= 15 is 0 Å². The van der Waals surface area contributed by atoms with E-state index in [-0.39, 0.29) is 17.4 Å². The molecule has 26 heavy (non-hydrogen) atoms. The highest BCUT2D eigenvalue weighted by molar-refractivity contribution is 5.89. The molecule has 0 bridgehead atoms. The Morgan fingerprint density at radius 3 is 2.35 bits per heavy atom. The van der Waals surface area contributed by atoms with Gasteiger partial charge in [0.1, 0.15) is 11.9 Å². The number of alkyl halides is 3. The van der Waals surface area contributed by atoms with E-state index in [1.807, 2.05) is 18.2 Å². The Morgan fingerprint density at radius 2 is 1.77 bits per heavy atom. The van der Waals surface area contributed by atoms with E-state index in [4.69, 9.17) is 10.00 Å². The first-order chi connectivity index (χ1) is 12.4. The van der Waals surface area contributed by atoms with Crippen molar-refractivity contribution < 1.29 is 27.4 Å². The lowest BCUT2D eigenvalue weighted by atomic mass is 9.87. The monoisotopic (exact) mass is 365 g/mol. The molecule has 0 atom stereocenters. The molecule has 2 rings (SSSR count). The highest BCUT2D eigenvalue weighted by atomic mass is 19.4. The van der Waals surface area contributed by atoms with Gasteiger partial charge in [-0.15, -0.1) is 13.2 Å². The topological polar surface area (TPSA) is 59.3 Å². The zero-order valence-electron chi connectivity index (χ0n) is 13.9. The van der Waals surface area contributed by atoms with E-state index < -0.39 is 12.3 Å². The molecule has 0 radical (unpaired) electrons. The largest absolute Gasteiger partial charge is 0.573 e. The zero-order valence-corrected chi connectivity index (χ0v) is 13.9. The molecule has 1 fully saturated rings. The smallest absolute Gasteiger partial charge is 0.459 e. The third-order valence-electron chi connectivity index (χ3n) is 3.98. The van der Waals surface area contributed by atoms with Crippen LogP contribution in [0.4, 0.5) is 13.2 Å². The third kappa shape index (κ3) is 6.63. The minimum Gasteiger partial charge on any atom is -0.459 e. The quantitative estimate of drug-likeness (QED) is 0.421. The Balaban J connectivity index is 1.81. The third-order valence-corrected chi connectivity index (χ3v) is 3.98. The minimum atomic E-state index is -4.76. The first-order valence-corrected chi connectivity index (χ1v) is 8.17. The second-order valence-corrected chi connectivity index (χ2v) is 5.89. The number of carbonyl (C=O) groups excluding carboxylic acids is 1. The van der Waals surface area contributed by atoms with Crippen LogP contribution in [0.5, 0.6) is 5.75 Å². The van der Waals surface area contributed by atoms with Gasteiger partial charge in [0.25, 0.3) is 0 Å². The number of rotatable bonds is 5. The molecule has 0 amide bonds. The SMILES string of the molecule is N#CC=C/C=C/C1CCC(OC(=O)c2ccc(OC(F)(F)F)cc2)CC1. The van der Waals surface area contributed by atoms with Gasteiger partial charge in [0, 0.05) is 6.08 Å². The fourth-order valence-corrected chi connectivity index (χ4v) is 2.73. The molecule has 1 saturated carbocycles. The molecule has 138 valence electrons. The van der Waals surface area contributed by atoms with Crippen molar-refractivity contribution in [1.82, 2.24) is 0 Å². The number of allylic oxidation sites excluding steroid dienone is 4. The molecule has 1 aliphatic carbocycles. The van der Waals surface area contributed by atoms with Crippen molar-refractivity contribution in [3.63, 3.8) is 0 Å². The summed E-state index contributed by atoms with van der Waals surface area (Å²) in [7, 11) is 0. The van der Waals surface area contributed by atoms with Gasteiger partial charge in [0.05, 0.1) is 11.6 Å². The summed E-state index contributed by atoms with van der Waals surface area (Å²) in [5, 5.41) is 8.40. The Labute approximate surface area is 149 Å². The molecule has 0 N–H and O–H groups in total. The number of hydrogen-bond donors (Lipinski definition) is 0. The normalized spacial score (nSPS) is 20.8. The number of nitriles is 1. The first-order valence-electron chi connectivity index (χ1n) is 8.17. The summed E-state index contributed by atoms with van der Waals surface area (Å²) in [6, 6.07) is 6.58. The molecular formula is C19H18F3NO3. The number of ether oxygens (including phenoxy) is 2. The highest BCUT2D eigenvalue weighted by Gasteiger charge is 2.31. The lowest BCUT2D eigenvalue weighted by molar-refractivity contribution is -0.274. The molecule has 0 unspecified atom stereocenters. The van der Waals surface area contributed by atoms with E-state index in [1.165, 1.54) is 18.2 Å². The van der Waals surface area contributed by atoms with Crippen molar-refractivity contribution in [2.24, 2.45) is 5.92 Å². The minimum absolute atomic E-state index is 0.184.